The van der Waals surface area contributed by atoms with Gasteiger partial charge in [0.1, 0.15) is 0 Å². The Balaban J connectivity index is 2.94. The summed E-state index contributed by atoms with van der Waals surface area (Å²) in [4.78, 5) is 2.75. The minimum Gasteiger partial charge on any atom is -0.286 e. The summed E-state index contributed by atoms with van der Waals surface area (Å²) < 4.78 is 52.6. The van der Waals surface area contributed by atoms with Crippen LogP contribution in [0.3, 0.4) is 0 Å². The molecule has 0 heterocycles. The van der Waals surface area contributed by atoms with Gasteiger partial charge >= 0.3 is 5.69 Å². The Morgan fingerprint density at radius 2 is 1.59 bits per heavy atom. The Morgan fingerprint density at radius 3 is 2.00 bits per heavy atom. The smallest absolute Gasteiger partial charge is 0.286 e. The lowest BCUT2D eigenvalue weighted by Crippen LogP contribution is -2.16. The summed E-state index contributed by atoms with van der Waals surface area (Å²) in [6.07, 6.45) is 0. The Labute approximate surface area is 98.4 Å². The fourth-order valence-corrected chi connectivity index (χ4v) is 3.56. The number of benzene rings is 1. The van der Waals surface area contributed by atoms with E-state index in [1.54, 1.807) is 0 Å². The molecule has 9 heteroatoms. The lowest BCUT2D eigenvalue weighted by Gasteiger charge is -2.01. The molecule has 0 aromatic heterocycles. The van der Waals surface area contributed by atoms with Crippen LogP contribution in [0.4, 0.5) is 5.69 Å². The van der Waals surface area contributed by atoms with E-state index in [0.717, 1.165) is 0 Å². The second kappa shape index (κ2) is 4.79. The van der Waals surface area contributed by atoms with Crippen LogP contribution in [0.25, 0.3) is 4.98 Å². The number of nitrogens with zero attached hydrogens (tertiary/aromatic N) is 2. The monoisotopic (exact) mass is 277 g/mol. The minimum absolute atomic E-state index is 0.103. The van der Waals surface area contributed by atoms with E-state index in [2.05, 4.69) is 4.98 Å². The summed E-state index contributed by atoms with van der Waals surface area (Å²) in [6.45, 7) is 0. The van der Waals surface area contributed by atoms with Crippen LogP contribution in [-0.4, -0.2) is 32.9 Å². The first-order chi connectivity index (χ1) is 7.74. The van der Waals surface area contributed by atoms with Crippen LogP contribution < -0.4 is 0 Å². The SMILES string of the molecule is N#[N+]c1ccc(S(=O)(=O)CCS(=O)(=O)O)cc1. The summed E-state index contributed by atoms with van der Waals surface area (Å²) in [6, 6.07) is 4.91. The predicted octanol–water partition coefficient (Wildman–Crippen LogP) is 0.833. The highest BCUT2D eigenvalue weighted by Crippen LogP contribution is 2.17. The third-order valence-corrected chi connectivity index (χ3v) is 4.63. The Hall–Kier alpha value is -1.50. The van der Waals surface area contributed by atoms with Gasteiger partial charge in [0, 0.05) is 12.1 Å². The van der Waals surface area contributed by atoms with Crippen molar-refractivity contribution in [2.24, 2.45) is 0 Å². The third kappa shape index (κ3) is 4.10. The fourth-order valence-electron chi connectivity index (χ4n) is 1.05. The fraction of sp³-hybridized carbons (Fsp3) is 0.250. The van der Waals surface area contributed by atoms with Crippen molar-refractivity contribution in [3.8, 4) is 0 Å². The largest absolute Gasteiger partial charge is 0.385 e. The summed E-state index contributed by atoms with van der Waals surface area (Å²) >= 11 is 0. The van der Waals surface area contributed by atoms with E-state index >= 15 is 0 Å². The first kappa shape index (κ1) is 13.6. The lowest BCUT2D eigenvalue weighted by molar-refractivity contribution is 0.484. The molecule has 0 bridgehead atoms. The van der Waals surface area contributed by atoms with Crippen molar-refractivity contribution in [3.63, 3.8) is 0 Å². The number of hydrogen-bond acceptors (Lipinski definition) is 5. The zero-order valence-corrected chi connectivity index (χ0v) is 10.1. The van der Waals surface area contributed by atoms with Crippen molar-refractivity contribution in [1.29, 1.82) is 5.39 Å². The zero-order chi connectivity index (χ0) is 13.1. The molecule has 17 heavy (non-hydrogen) atoms. The van der Waals surface area contributed by atoms with E-state index in [4.69, 9.17) is 9.95 Å². The van der Waals surface area contributed by atoms with E-state index in [1.165, 1.54) is 24.3 Å². The highest BCUT2D eigenvalue weighted by molar-refractivity contribution is 7.93. The minimum atomic E-state index is -4.32. The Bertz CT molecular complexity index is 640. The van der Waals surface area contributed by atoms with Crippen molar-refractivity contribution < 1.29 is 21.4 Å². The summed E-state index contributed by atoms with van der Waals surface area (Å²) in [5.41, 5.74) is 0.179. The van der Waals surface area contributed by atoms with Crippen molar-refractivity contribution in [2.45, 2.75) is 4.90 Å². The molecule has 92 valence electrons. The van der Waals surface area contributed by atoms with Crippen molar-refractivity contribution in [1.82, 2.24) is 0 Å². The molecule has 1 aromatic carbocycles. The number of diazo groups is 1. The average molecular weight is 277 g/mol. The quantitative estimate of drug-likeness (QED) is 0.643. The van der Waals surface area contributed by atoms with Gasteiger partial charge in [-0.05, 0) is 12.1 Å². The molecule has 0 unspecified atom stereocenters. The molecule has 0 radical (unpaired) electrons. The number of sulfone groups is 1. The second-order valence-electron chi connectivity index (χ2n) is 3.20. The molecular formula is C8H9N2O5S2+. The molecule has 0 atom stereocenters. The highest BCUT2D eigenvalue weighted by Gasteiger charge is 2.19. The molecule has 0 aliphatic heterocycles. The van der Waals surface area contributed by atoms with E-state index in [0.29, 0.717) is 0 Å². The van der Waals surface area contributed by atoms with Crippen LogP contribution in [0.15, 0.2) is 29.2 Å². The van der Waals surface area contributed by atoms with Gasteiger partial charge in [0.25, 0.3) is 10.1 Å². The lowest BCUT2D eigenvalue weighted by atomic mass is 10.3. The average Bonchev–Trinajstić information content (AvgIpc) is 2.26. The molecule has 0 fully saturated rings. The van der Waals surface area contributed by atoms with Crippen LogP contribution in [0, 0.1) is 5.39 Å². The molecule has 0 aliphatic carbocycles. The molecule has 0 saturated carbocycles. The molecule has 0 amide bonds. The van der Waals surface area contributed by atoms with Gasteiger partial charge in [-0.3, -0.25) is 4.55 Å². The molecule has 1 N–H and O–H groups in total. The molecule has 0 spiro atoms. The van der Waals surface area contributed by atoms with Crippen molar-refractivity contribution in [2.75, 3.05) is 11.5 Å². The van der Waals surface area contributed by atoms with E-state index in [1.807, 2.05) is 0 Å². The molecule has 0 saturated heterocycles. The molecule has 1 aromatic rings. The van der Waals surface area contributed by atoms with Gasteiger partial charge in [0.05, 0.1) is 16.4 Å². The van der Waals surface area contributed by atoms with Crippen LogP contribution in [0.2, 0.25) is 0 Å². The maximum Gasteiger partial charge on any atom is 0.385 e. The van der Waals surface area contributed by atoms with E-state index < -0.39 is 31.5 Å². The maximum absolute atomic E-state index is 11.6. The van der Waals surface area contributed by atoms with Crippen molar-refractivity contribution >= 4 is 25.6 Å². The van der Waals surface area contributed by atoms with Gasteiger partial charge in [-0.2, -0.15) is 8.42 Å². The van der Waals surface area contributed by atoms with E-state index in [-0.39, 0.29) is 10.6 Å². The maximum atomic E-state index is 11.6. The third-order valence-electron chi connectivity index (χ3n) is 1.92. The summed E-state index contributed by atoms with van der Waals surface area (Å²) in [5, 5.41) is 8.40. The van der Waals surface area contributed by atoms with Gasteiger partial charge < -0.3 is 0 Å². The number of hydrogen-bond donors (Lipinski definition) is 1. The van der Waals surface area contributed by atoms with Crippen LogP contribution in [-0.2, 0) is 20.0 Å². The summed E-state index contributed by atoms with van der Waals surface area (Å²) in [7, 11) is -8.10. The first-order valence-electron chi connectivity index (χ1n) is 4.38. The zero-order valence-electron chi connectivity index (χ0n) is 8.51. The normalized spacial score (nSPS) is 12.0. The topological polar surface area (TPSA) is 117 Å². The molecule has 1 rings (SSSR count). The van der Waals surface area contributed by atoms with Crippen LogP contribution in [0.5, 0.6) is 0 Å². The Kier molecular flexibility index (Phi) is 3.82. The first-order valence-corrected chi connectivity index (χ1v) is 7.64. The van der Waals surface area contributed by atoms with Gasteiger partial charge in [-0.1, -0.05) is 0 Å². The standard InChI is InChI=1S/C8H8N2O5S2/c9-10-7-1-3-8(4-2-7)16(11,12)5-6-17(13,14)15/h1-4H,5-6H2/p+1. The van der Waals surface area contributed by atoms with Gasteiger partial charge in [-0.15, -0.1) is 0 Å². The number of rotatable bonds is 4. The summed E-state index contributed by atoms with van der Waals surface area (Å²) in [5.74, 6) is -1.57. The molecule has 0 aliphatic rings. The molecular weight excluding hydrogens is 268 g/mol. The Morgan fingerprint density at radius 1 is 1.06 bits per heavy atom. The van der Waals surface area contributed by atoms with Gasteiger partial charge in [0.2, 0.25) is 5.39 Å². The second-order valence-corrected chi connectivity index (χ2v) is 6.88. The predicted molar refractivity (Wildman–Crippen MR) is 59.7 cm³/mol. The molecule has 7 nitrogen and oxygen atoms in total. The highest BCUT2D eigenvalue weighted by atomic mass is 32.2. The van der Waals surface area contributed by atoms with E-state index in [9.17, 15) is 16.8 Å². The van der Waals surface area contributed by atoms with Crippen LogP contribution >= 0.6 is 0 Å². The van der Waals surface area contributed by atoms with Gasteiger partial charge in [-0.25, -0.2) is 8.42 Å². The van der Waals surface area contributed by atoms with Crippen LogP contribution in [0.1, 0.15) is 0 Å². The van der Waals surface area contributed by atoms with Crippen molar-refractivity contribution in [3.05, 3.63) is 29.2 Å². The van der Waals surface area contributed by atoms with Gasteiger partial charge in [0.15, 0.2) is 14.8 Å².